The van der Waals surface area contributed by atoms with Gasteiger partial charge in [0.2, 0.25) is 5.91 Å². The van der Waals surface area contributed by atoms with E-state index < -0.39 is 0 Å². The molecule has 0 saturated heterocycles. The van der Waals surface area contributed by atoms with E-state index in [4.69, 9.17) is 0 Å². The third kappa shape index (κ3) is 5.67. The van der Waals surface area contributed by atoms with Crippen LogP contribution in [0.4, 0.5) is 4.39 Å². The molecular formula is C20H20FN3O2S. The van der Waals surface area contributed by atoms with Crippen LogP contribution in [0.1, 0.15) is 16.8 Å². The second-order valence-corrected chi connectivity index (χ2v) is 6.92. The van der Waals surface area contributed by atoms with Gasteiger partial charge in [-0.2, -0.15) is 0 Å². The smallest absolute Gasteiger partial charge is 0.230 e. The molecular weight excluding hydrogens is 365 g/mol. The Morgan fingerprint density at radius 3 is 2.56 bits per heavy atom. The molecule has 1 amide bonds. The summed E-state index contributed by atoms with van der Waals surface area (Å²) in [4.78, 5) is 16.5. The third-order valence-corrected chi connectivity index (χ3v) is 4.87. The largest absolute Gasteiger partial charge is 0.390 e. The molecule has 3 rings (SSSR count). The number of carbonyl (C=O) groups excluding carboxylic acids is 1. The van der Waals surface area contributed by atoms with Crippen molar-refractivity contribution >= 4 is 17.7 Å². The van der Waals surface area contributed by atoms with Gasteiger partial charge in [0.15, 0.2) is 5.16 Å². The summed E-state index contributed by atoms with van der Waals surface area (Å²) in [5.41, 5.74) is 2.52. The first kappa shape index (κ1) is 19.1. The van der Waals surface area contributed by atoms with E-state index in [9.17, 15) is 14.3 Å². The molecule has 140 valence electrons. The summed E-state index contributed by atoms with van der Waals surface area (Å²) in [5.74, 6) is -0.229. The molecule has 0 saturated carbocycles. The van der Waals surface area contributed by atoms with Crippen molar-refractivity contribution in [3.8, 4) is 0 Å². The lowest BCUT2D eigenvalue weighted by atomic mass is 10.2. The van der Waals surface area contributed by atoms with Gasteiger partial charge in [-0.3, -0.25) is 4.79 Å². The van der Waals surface area contributed by atoms with Gasteiger partial charge in [0.05, 0.1) is 18.1 Å². The van der Waals surface area contributed by atoms with Gasteiger partial charge in [0.25, 0.3) is 0 Å². The Morgan fingerprint density at radius 2 is 1.85 bits per heavy atom. The minimum atomic E-state index is -0.300. The van der Waals surface area contributed by atoms with Crippen molar-refractivity contribution in [1.29, 1.82) is 0 Å². The molecule has 2 aromatic carbocycles. The third-order valence-electron chi connectivity index (χ3n) is 3.88. The van der Waals surface area contributed by atoms with E-state index in [2.05, 4.69) is 10.3 Å². The van der Waals surface area contributed by atoms with E-state index in [1.807, 2.05) is 34.9 Å². The Labute approximate surface area is 161 Å². The number of hydrogen-bond donors (Lipinski definition) is 2. The fourth-order valence-electron chi connectivity index (χ4n) is 2.52. The predicted molar refractivity (Wildman–Crippen MR) is 103 cm³/mol. The Kier molecular flexibility index (Phi) is 6.62. The van der Waals surface area contributed by atoms with Crippen molar-refractivity contribution in [1.82, 2.24) is 14.9 Å². The first-order chi connectivity index (χ1) is 13.1. The zero-order chi connectivity index (χ0) is 19.1. The Balaban J connectivity index is 1.57. The molecule has 5 nitrogen and oxygen atoms in total. The minimum Gasteiger partial charge on any atom is -0.390 e. The van der Waals surface area contributed by atoms with Crippen LogP contribution in [0.15, 0.2) is 66.0 Å². The fourth-order valence-corrected chi connectivity index (χ4v) is 3.35. The van der Waals surface area contributed by atoms with E-state index >= 15 is 0 Å². The van der Waals surface area contributed by atoms with Crippen molar-refractivity contribution in [2.24, 2.45) is 0 Å². The second-order valence-electron chi connectivity index (χ2n) is 5.98. The average Bonchev–Trinajstić information content (AvgIpc) is 3.08. The van der Waals surface area contributed by atoms with Crippen molar-refractivity contribution in [2.75, 3.05) is 5.75 Å². The lowest BCUT2D eigenvalue weighted by molar-refractivity contribution is -0.118. The fraction of sp³-hybridized carbons (Fsp3) is 0.200. The van der Waals surface area contributed by atoms with Crippen molar-refractivity contribution in [2.45, 2.75) is 24.9 Å². The summed E-state index contributed by atoms with van der Waals surface area (Å²) in [6.45, 7) is 0.819. The van der Waals surface area contributed by atoms with E-state index in [0.717, 1.165) is 11.1 Å². The van der Waals surface area contributed by atoms with Crippen LogP contribution in [0.5, 0.6) is 0 Å². The highest BCUT2D eigenvalue weighted by atomic mass is 32.2. The highest BCUT2D eigenvalue weighted by Crippen LogP contribution is 2.19. The van der Waals surface area contributed by atoms with Gasteiger partial charge < -0.3 is 15.0 Å². The van der Waals surface area contributed by atoms with E-state index in [1.54, 1.807) is 18.3 Å². The molecule has 3 aromatic rings. The van der Waals surface area contributed by atoms with Crippen LogP contribution >= 0.6 is 11.8 Å². The minimum absolute atomic E-state index is 0.135. The first-order valence-electron chi connectivity index (χ1n) is 8.49. The molecule has 0 atom stereocenters. The van der Waals surface area contributed by atoms with Gasteiger partial charge in [-0.1, -0.05) is 54.2 Å². The summed E-state index contributed by atoms with van der Waals surface area (Å²) in [5, 5.41) is 12.8. The zero-order valence-electron chi connectivity index (χ0n) is 14.6. The number of aliphatic hydroxyl groups excluding tert-OH is 1. The van der Waals surface area contributed by atoms with Crippen molar-refractivity contribution in [3.63, 3.8) is 0 Å². The molecule has 0 fully saturated rings. The normalized spacial score (nSPS) is 10.7. The van der Waals surface area contributed by atoms with Gasteiger partial charge in [0.1, 0.15) is 5.82 Å². The van der Waals surface area contributed by atoms with Crippen LogP contribution in [0, 0.1) is 5.82 Å². The molecule has 0 spiro atoms. The quantitative estimate of drug-likeness (QED) is 0.585. The molecule has 0 aliphatic carbocycles. The van der Waals surface area contributed by atoms with Gasteiger partial charge in [-0.15, -0.1) is 0 Å². The Hall–Kier alpha value is -2.64. The standard InChI is InChI=1S/C20H20FN3O2S/c21-17-8-6-15(7-9-17)10-22-19(26)14-27-20-23-18(13-25)12-24(20)11-16-4-2-1-3-5-16/h1-9,12,25H,10-11,13-14H2,(H,22,26). The van der Waals surface area contributed by atoms with E-state index in [0.29, 0.717) is 23.9 Å². The number of carbonyl (C=O) groups is 1. The van der Waals surface area contributed by atoms with Gasteiger partial charge in [0, 0.05) is 19.3 Å². The monoisotopic (exact) mass is 385 g/mol. The molecule has 7 heteroatoms. The maximum Gasteiger partial charge on any atom is 0.230 e. The summed E-state index contributed by atoms with van der Waals surface area (Å²) >= 11 is 1.32. The number of nitrogens with zero attached hydrogens (tertiary/aromatic N) is 2. The van der Waals surface area contributed by atoms with Crippen LogP contribution < -0.4 is 5.32 Å². The number of amides is 1. The maximum absolute atomic E-state index is 12.9. The maximum atomic E-state index is 12.9. The van der Waals surface area contributed by atoms with Crippen LogP contribution in [-0.2, 0) is 24.5 Å². The van der Waals surface area contributed by atoms with E-state index in [-0.39, 0.29) is 24.1 Å². The summed E-state index contributed by atoms with van der Waals surface area (Å²) in [6.07, 6.45) is 1.80. The summed E-state index contributed by atoms with van der Waals surface area (Å²) in [7, 11) is 0. The lowest BCUT2D eigenvalue weighted by Crippen LogP contribution is -2.24. The summed E-state index contributed by atoms with van der Waals surface area (Å²) in [6, 6.07) is 15.9. The number of thioether (sulfide) groups is 1. The Bertz CT molecular complexity index is 882. The van der Waals surface area contributed by atoms with E-state index in [1.165, 1.54) is 23.9 Å². The predicted octanol–water partition coefficient (Wildman–Crippen LogP) is 2.97. The number of imidazole rings is 1. The SMILES string of the molecule is O=C(CSc1nc(CO)cn1Cc1ccccc1)NCc1ccc(F)cc1. The lowest BCUT2D eigenvalue weighted by Gasteiger charge is -2.08. The number of hydrogen-bond acceptors (Lipinski definition) is 4. The number of aromatic nitrogens is 2. The van der Waals surface area contributed by atoms with Crippen molar-refractivity contribution < 1.29 is 14.3 Å². The topological polar surface area (TPSA) is 67.1 Å². The Morgan fingerprint density at radius 1 is 1.11 bits per heavy atom. The number of rotatable bonds is 8. The van der Waals surface area contributed by atoms with Crippen LogP contribution in [0.2, 0.25) is 0 Å². The van der Waals surface area contributed by atoms with Gasteiger partial charge in [-0.25, -0.2) is 9.37 Å². The average molecular weight is 385 g/mol. The van der Waals surface area contributed by atoms with Gasteiger partial charge >= 0.3 is 0 Å². The molecule has 0 aliphatic heterocycles. The molecule has 27 heavy (non-hydrogen) atoms. The zero-order valence-corrected chi connectivity index (χ0v) is 15.5. The molecule has 1 aromatic heterocycles. The molecule has 2 N–H and O–H groups in total. The van der Waals surface area contributed by atoms with Crippen LogP contribution in [-0.4, -0.2) is 26.3 Å². The number of nitrogens with one attached hydrogen (secondary N) is 1. The molecule has 0 bridgehead atoms. The first-order valence-corrected chi connectivity index (χ1v) is 9.47. The van der Waals surface area contributed by atoms with Crippen LogP contribution in [0.3, 0.4) is 0 Å². The molecule has 0 unspecified atom stereocenters. The van der Waals surface area contributed by atoms with Gasteiger partial charge in [-0.05, 0) is 23.3 Å². The molecule has 1 heterocycles. The van der Waals surface area contributed by atoms with Crippen molar-refractivity contribution in [3.05, 3.63) is 83.4 Å². The number of halogens is 1. The molecule has 0 aliphatic rings. The van der Waals surface area contributed by atoms with Crippen LogP contribution in [0.25, 0.3) is 0 Å². The second kappa shape index (κ2) is 9.34. The highest BCUT2D eigenvalue weighted by molar-refractivity contribution is 7.99. The number of benzene rings is 2. The number of aliphatic hydroxyl groups is 1. The highest BCUT2D eigenvalue weighted by Gasteiger charge is 2.11. The molecule has 0 radical (unpaired) electrons. The summed E-state index contributed by atoms with van der Waals surface area (Å²) < 4.78 is 14.8.